The largest absolute Gasteiger partial charge is 0.375 e. The van der Waals surface area contributed by atoms with Gasteiger partial charge in [0.15, 0.2) is 0 Å². The van der Waals surface area contributed by atoms with Crippen LogP contribution in [0.4, 0.5) is 8.78 Å². The number of hydrogen-bond acceptors (Lipinski definition) is 3. The number of hydrogen-bond donors (Lipinski definition) is 0. The summed E-state index contributed by atoms with van der Waals surface area (Å²) in [6.45, 7) is 3.66. The van der Waals surface area contributed by atoms with Crippen molar-refractivity contribution in [1.82, 2.24) is 9.78 Å². The summed E-state index contributed by atoms with van der Waals surface area (Å²) in [7, 11) is 0. The van der Waals surface area contributed by atoms with E-state index in [9.17, 15) is 13.6 Å². The van der Waals surface area contributed by atoms with Crippen molar-refractivity contribution in [2.45, 2.75) is 39.7 Å². The third-order valence-corrected chi connectivity index (χ3v) is 3.08. The molecule has 19 heavy (non-hydrogen) atoms. The standard InChI is InChI=1S/C12H17ClF2N2O2/c1-3-17-10(12(13)8(2)16-17)6-9(18)4-5-19-7-11(14)15/h11H,3-7H2,1-2H3. The molecule has 1 aromatic heterocycles. The van der Waals surface area contributed by atoms with Gasteiger partial charge >= 0.3 is 0 Å². The molecule has 1 rings (SSSR count). The maximum absolute atomic E-state index is 11.8. The highest BCUT2D eigenvalue weighted by molar-refractivity contribution is 6.32. The molecule has 1 aromatic rings. The number of aromatic nitrogens is 2. The lowest BCUT2D eigenvalue weighted by atomic mass is 10.1. The van der Waals surface area contributed by atoms with Crippen molar-refractivity contribution < 1.29 is 18.3 Å². The predicted octanol–water partition coefficient (Wildman–Crippen LogP) is 2.65. The number of alkyl halides is 2. The second kappa shape index (κ2) is 7.55. The van der Waals surface area contributed by atoms with E-state index < -0.39 is 13.0 Å². The minimum Gasteiger partial charge on any atom is -0.375 e. The third kappa shape index (κ3) is 4.87. The van der Waals surface area contributed by atoms with Crippen LogP contribution in [-0.4, -0.2) is 35.2 Å². The van der Waals surface area contributed by atoms with Crippen molar-refractivity contribution in [1.29, 1.82) is 0 Å². The molecule has 0 N–H and O–H groups in total. The molecule has 0 saturated carbocycles. The Hall–Kier alpha value is -1.01. The average molecular weight is 295 g/mol. The first kappa shape index (κ1) is 16.0. The number of carbonyl (C=O) groups excluding carboxylic acids is 1. The maximum Gasteiger partial charge on any atom is 0.261 e. The minimum absolute atomic E-state index is 0.0000364. The normalized spacial score (nSPS) is 11.3. The lowest BCUT2D eigenvalue weighted by Crippen LogP contribution is -2.13. The molecular weight excluding hydrogens is 278 g/mol. The van der Waals surface area contributed by atoms with Crippen molar-refractivity contribution in [2.75, 3.05) is 13.2 Å². The highest BCUT2D eigenvalue weighted by Gasteiger charge is 2.15. The average Bonchev–Trinajstić information content (AvgIpc) is 2.62. The molecule has 7 heteroatoms. The van der Waals surface area contributed by atoms with Gasteiger partial charge in [0.1, 0.15) is 12.4 Å². The zero-order valence-electron chi connectivity index (χ0n) is 11.0. The molecule has 0 radical (unpaired) electrons. The van der Waals surface area contributed by atoms with E-state index >= 15 is 0 Å². The van der Waals surface area contributed by atoms with Gasteiger partial charge in [-0.15, -0.1) is 0 Å². The van der Waals surface area contributed by atoms with Crippen molar-refractivity contribution in [3.63, 3.8) is 0 Å². The van der Waals surface area contributed by atoms with Gasteiger partial charge in [-0.25, -0.2) is 8.78 Å². The molecule has 0 saturated heterocycles. The number of ketones is 1. The molecule has 1 heterocycles. The molecule has 0 spiro atoms. The summed E-state index contributed by atoms with van der Waals surface area (Å²) in [6, 6.07) is 0. The van der Waals surface area contributed by atoms with Crippen LogP contribution in [0.5, 0.6) is 0 Å². The summed E-state index contributed by atoms with van der Waals surface area (Å²) in [5.74, 6) is -0.106. The van der Waals surface area contributed by atoms with Gasteiger partial charge in [-0.05, 0) is 13.8 Å². The van der Waals surface area contributed by atoms with Crippen LogP contribution < -0.4 is 0 Å². The van der Waals surface area contributed by atoms with Gasteiger partial charge in [-0.3, -0.25) is 9.48 Å². The fraction of sp³-hybridized carbons (Fsp3) is 0.667. The zero-order chi connectivity index (χ0) is 14.4. The van der Waals surface area contributed by atoms with Crippen LogP contribution in [0.1, 0.15) is 24.7 Å². The van der Waals surface area contributed by atoms with Gasteiger partial charge in [0.2, 0.25) is 0 Å². The predicted molar refractivity (Wildman–Crippen MR) is 67.8 cm³/mol. The maximum atomic E-state index is 11.8. The van der Waals surface area contributed by atoms with Crippen LogP contribution >= 0.6 is 11.6 Å². The number of aryl methyl sites for hydroxylation is 2. The molecule has 0 unspecified atom stereocenters. The smallest absolute Gasteiger partial charge is 0.261 e. The Morgan fingerprint density at radius 1 is 1.53 bits per heavy atom. The van der Waals surface area contributed by atoms with Crippen molar-refractivity contribution in [3.8, 4) is 0 Å². The summed E-state index contributed by atoms with van der Waals surface area (Å²) in [5, 5.41) is 4.69. The molecule has 0 aliphatic rings. The van der Waals surface area contributed by atoms with Crippen molar-refractivity contribution >= 4 is 17.4 Å². The Morgan fingerprint density at radius 3 is 2.79 bits per heavy atom. The fourth-order valence-corrected chi connectivity index (χ4v) is 1.87. The SMILES string of the molecule is CCn1nc(C)c(Cl)c1CC(=O)CCOCC(F)F. The first-order chi connectivity index (χ1) is 8.95. The van der Waals surface area contributed by atoms with Crippen LogP contribution in [0.25, 0.3) is 0 Å². The van der Waals surface area contributed by atoms with Gasteiger partial charge in [0, 0.05) is 19.4 Å². The van der Waals surface area contributed by atoms with Gasteiger partial charge < -0.3 is 4.74 Å². The topological polar surface area (TPSA) is 44.1 Å². The molecule has 0 aliphatic carbocycles. The van der Waals surface area contributed by atoms with Crippen LogP contribution in [0, 0.1) is 6.92 Å². The van der Waals surface area contributed by atoms with E-state index in [2.05, 4.69) is 9.84 Å². The second-order valence-corrected chi connectivity index (χ2v) is 4.47. The van der Waals surface area contributed by atoms with Crippen LogP contribution in [0.2, 0.25) is 5.02 Å². The fourth-order valence-electron chi connectivity index (χ4n) is 1.67. The number of rotatable bonds is 8. The molecule has 0 fully saturated rings. The Bertz CT molecular complexity index is 436. The van der Waals surface area contributed by atoms with E-state index in [1.807, 2.05) is 6.92 Å². The van der Waals surface area contributed by atoms with Crippen molar-refractivity contribution in [2.24, 2.45) is 0 Å². The lowest BCUT2D eigenvalue weighted by Gasteiger charge is -2.05. The Morgan fingerprint density at radius 2 is 2.21 bits per heavy atom. The van der Waals surface area contributed by atoms with E-state index in [1.165, 1.54) is 0 Å². The monoisotopic (exact) mass is 294 g/mol. The first-order valence-electron chi connectivity index (χ1n) is 6.05. The first-order valence-corrected chi connectivity index (χ1v) is 6.42. The Labute approximate surface area is 115 Å². The zero-order valence-corrected chi connectivity index (χ0v) is 11.7. The highest BCUT2D eigenvalue weighted by atomic mass is 35.5. The number of nitrogens with zero attached hydrogens (tertiary/aromatic N) is 2. The van der Waals surface area contributed by atoms with Crippen LogP contribution in [-0.2, 0) is 22.5 Å². The van der Waals surface area contributed by atoms with E-state index in [4.69, 9.17) is 11.6 Å². The second-order valence-electron chi connectivity index (χ2n) is 4.09. The van der Waals surface area contributed by atoms with E-state index in [1.54, 1.807) is 11.6 Å². The van der Waals surface area contributed by atoms with Gasteiger partial charge in [0.25, 0.3) is 6.43 Å². The number of ether oxygens (including phenoxy) is 1. The van der Waals surface area contributed by atoms with Crippen molar-refractivity contribution in [3.05, 3.63) is 16.4 Å². The Kier molecular flexibility index (Phi) is 6.37. The lowest BCUT2D eigenvalue weighted by molar-refractivity contribution is -0.120. The molecule has 108 valence electrons. The summed E-state index contributed by atoms with van der Waals surface area (Å²) in [4.78, 5) is 11.7. The molecular formula is C12H17ClF2N2O2. The van der Waals surface area contributed by atoms with E-state index in [0.29, 0.717) is 23.0 Å². The summed E-state index contributed by atoms with van der Waals surface area (Å²) < 4.78 is 30.0. The summed E-state index contributed by atoms with van der Waals surface area (Å²) in [6.07, 6.45) is -2.27. The van der Waals surface area contributed by atoms with Gasteiger partial charge in [0.05, 0.1) is 23.0 Å². The van der Waals surface area contributed by atoms with Crippen LogP contribution in [0.3, 0.4) is 0 Å². The Balaban J connectivity index is 2.48. The molecule has 4 nitrogen and oxygen atoms in total. The molecule has 0 amide bonds. The third-order valence-electron chi connectivity index (χ3n) is 2.59. The summed E-state index contributed by atoms with van der Waals surface area (Å²) >= 11 is 6.07. The number of carbonyl (C=O) groups is 1. The van der Waals surface area contributed by atoms with E-state index in [-0.39, 0.29) is 25.2 Å². The quantitative estimate of drug-likeness (QED) is 0.692. The van der Waals surface area contributed by atoms with Gasteiger partial charge in [-0.1, -0.05) is 11.6 Å². The molecule has 0 bridgehead atoms. The van der Waals surface area contributed by atoms with E-state index in [0.717, 1.165) is 0 Å². The summed E-state index contributed by atoms with van der Waals surface area (Å²) in [5.41, 5.74) is 1.35. The molecule has 0 aliphatic heterocycles. The highest BCUT2D eigenvalue weighted by Crippen LogP contribution is 2.21. The van der Waals surface area contributed by atoms with Crippen LogP contribution in [0.15, 0.2) is 0 Å². The minimum atomic E-state index is -2.51. The molecule has 0 atom stereocenters. The van der Waals surface area contributed by atoms with Gasteiger partial charge in [-0.2, -0.15) is 5.10 Å². The molecule has 0 aromatic carbocycles. The number of halogens is 3. The number of Topliss-reactive ketones (excluding diaryl/α,β-unsaturated/α-hetero) is 1.